The Morgan fingerprint density at radius 2 is 2.10 bits per heavy atom. The molecule has 1 aromatic carbocycles. The lowest BCUT2D eigenvalue weighted by Crippen LogP contribution is -2.43. The zero-order chi connectivity index (χ0) is 13.8. The summed E-state index contributed by atoms with van der Waals surface area (Å²) in [6, 6.07) is 8.25. The van der Waals surface area contributed by atoms with E-state index >= 15 is 0 Å². The van der Waals surface area contributed by atoms with Crippen LogP contribution in [0.4, 0.5) is 0 Å². The van der Waals surface area contributed by atoms with Crippen LogP contribution in [0, 0.1) is 0 Å². The molecule has 1 aliphatic heterocycles. The van der Waals surface area contributed by atoms with E-state index in [0.29, 0.717) is 0 Å². The van der Waals surface area contributed by atoms with Crippen molar-refractivity contribution in [2.45, 2.75) is 6.42 Å². The van der Waals surface area contributed by atoms with Gasteiger partial charge in [-0.25, -0.2) is 4.79 Å². The summed E-state index contributed by atoms with van der Waals surface area (Å²) in [6.07, 6.45) is 0.782. The maximum absolute atomic E-state index is 11.3. The highest BCUT2D eigenvalue weighted by molar-refractivity contribution is 7.17. The van der Waals surface area contributed by atoms with Gasteiger partial charge in [-0.1, -0.05) is 18.2 Å². The van der Waals surface area contributed by atoms with Crippen LogP contribution in [0.25, 0.3) is 15.7 Å². The zero-order valence-corrected chi connectivity index (χ0v) is 12.2. The first kappa shape index (κ1) is 13.5. The highest BCUT2D eigenvalue weighted by atomic mass is 32.1. The number of fused-ring (bicyclic) bond motifs is 1. The van der Waals surface area contributed by atoms with Crippen LogP contribution < -0.4 is 5.32 Å². The van der Waals surface area contributed by atoms with E-state index in [2.05, 4.69) is 33.7 Å². The van der Waals surface area contributed by atoms with Crippen LogP contribution in [-0.4, -0.2) is 43.6 Å². The lowest BCUT2D eigenvalue weighted by Gasteiger charge is -2.27. The molecule has 20 heavy (non-hydrogen) atoms. The highest BCUT2D eigenvalue weighted by Crippen LogP contribution is 2.31. The van der Waals surface area contributed by atoms with E-state index in [1.165, 1.54) is 10.1 Å². The van der Waals surface area contributed by atoms with E-state index in [-0.39, 0.29) is 0 Å². The Morgan fingerprint density at radius 3 is 2.90 bits per heavy atom. The van der Waals surface area contributed by atoms with Gasteiger partial charge in [0.25, 0.3) is 0 Å². The number of rotatable bonds is 4. The van der Waals surface area contributed by atoms with Crippen molar-refractivity contribution in [3.63, 3.8) is 0 Å². The fourth-order valence-corrected chi connectivity index (χ4v) is 3.63. The summed E-state index contributed by atoms with van der Waals surface area (Å²) in [7, 11) is 0. The van der Waals surface area contributed by atoms with Gasteiger partial charge >= 0.3 is 0 Å². The Morgan fingerprint density at radius 1 is 1.30 bits per heavy atom. The summed E-state index contributed by atoms with van der Waals surface area (Å²) in [5, 5.41) is 6.61. The Hall–Kier alpha value is -1.45. The Kier molecular flexibility index (Phi) is 4.28. The number of thiophene rings is 1. The molecule has 3 nitrogen and oxygen atoms in total. The Labute approximate surface area is 122 Å². The van der Waals surface area contributed by atoms with Crippen molar-refractivity contribution in [2.24, 2.45) is 0 Å². The van der Waals surface area contributed by atoms with Crippen LogP contribution in [0.15, 0.2) is 29.6 Å². The van der Waals surface area contributed by atoms with Crippen molar-refractivity contribution in [1.29, 1.82) is 0 Å². The van der Waals surface area contributed by atoms with Crippen LogP contribution in [-0.2, 0) is 4.79 Å². The first-order valence-electron chi connectivity index (χ1n) is 7.02. The van der Waals surface area contributed by atoms with Crippen LogP contribution in [0.3, 0.4) is 0 Å². The van der Waals surface area contributed by atoms with Gasteiger partial charge < -0.3 is 10.2 Å². The first-order chi connectivity index (χ1) is 9.88. The largest absolute Gasteiger partial charge is 0.314 e. The molecule has 1 saturated heterocycles. The average molecular weight is 286 g/mol. The molecule has 0 radical (unpaired) electrons. The molecule has 0 unspecified atom stereocenters. The minimum absolute atomic E-state index is 0.782. The van der Waals surface area contributed by atoms with Crippen molar-refractivity contribution in [1.82, 2.24) is 10.2 Å². The smallest absolute Gasteiger partial charge is 0.128 e. The van der Waals surface area contributed by atoms with Gasteiger partial charge in [0, 0.05) is 59.3 Å². The van der Waals surface area contributed by atoms with Gasteiger partial charge in [0.05, 0.1) is 0 Å². The third kappa shape index (κ3) is 2.84. The second-order valence-corrected chi connectivity index (χ2v) is 5.98. The van der Waals surface area contributed by atoms with Crippen LogP contribution in [0.2, 0.25) is 0 Å². The molecule has 4 heteroatoms. The minimum atomic E-state index is 0.782. The highest BCUT2D eigenvalue weighted by Gasteiger charge is 2.13. The summed E-state index contributed by atoms with van der Waals surface area (Å²) in [4.78, 5) is 13.7. The number of nitrogens with one attached hydrogen (secondary N) is 1. The van der Waals surface area contributed by atoms with Crippen molar-refractivity contribution in [3.05, 3.63) is 35.2 Å². The number of piperazine rings is 1. The molecule has 3 rings (SSSR count). The predicted octanol–water partition coefficient (Wildman–Crippen LogP) is 2.41. The van der Waals surface area contributed by atoms with E-state index in [9.17, 15) is 4.79 Å². The molecule has 0 atom stereocenters. The zero-order valence-electron chi connectivity index (χ0n) is 11.4. The Balaban J connectivity index is 1.75. The number of nitrogens with zero attached hydrogens (tertiary/aromatic N) is 1. The van der Waals surface area contributed by atoms with E-state index in [4.69, 9.17) is 0 Å². The lowest BCUT2D eigenvalue weighted by molar-refractivity contribution is 0.246. The van der Waals surface area contributed by atoms with Crippen LogP contribution in [0.1, 0.15) is 12.0 Å². The molecule has 0 spiro atoms. The average Bonchev–Trinajstić information content (AvgIpc) is 2.93. The number of carbonyl (C=O) groups excluding carboxylic acids is 1. The molecule has 2 heterocycles. The van der Waals surface area contributed by atoms with Crippen LogP contribution in [0.5, 0.6) is 0 Å². The van der Waals surface area contributed by atoms with Gasteiger partial charge in [0.1, 0.15) is 5.94 Å². The third-order valence-electron chi connectivity index (χ3n) is 3.82. The molecular weight excluding hydrogens is 268 g/mol. The standard InChI is InChI=1S/C16H18N2OS/c19-11-13(5-8-18-9-6-17-7-10-18)15-12-20-16-4-2-1-3-14(15)16/h1-4,12,17H,5-10H2. The number of benzene rings is 1. The first-order valence-corrected chi connectivity index (χ1v) is 7.90. The van der Waals surface area contributed by atoms with Gasteiger partial charge in [-0.3, -0.25) is 0 Å². The van der Waals surface area contributed by atoms with Gasteiger partial charge in [0.2, 0.25) is 0 Å². The summed E-state index contributed by atoms with van der Waals surface area (Å²) in [5.41, 5.74) is 1.87. The quantitative estimate of drug-likeness (QED) is 0.876. The van der Waals surface area contributed by atoms with Crippen molar-refractivity contribution >= 4 is 32.9 Å². The molecular formula is C16H18N2OS. The molecule has 1 N–H and O–H groups in total. The lowest BCUT2D eigenvalue weighted by atomic mass is 10.0. The van der Waals surface area contributed by atoms with E-state index in [1.807, 2.05) is 12.1 Å². The molecule has 1 aromatic heterocycles. The van der Waals surface area contributed by atoms with E-state index in [0.717, 1.165) is 50.3 Å². The van der Waals surface area contributed by atoms with Crippen molar-refractivity contribution < 1.29 is 4.79 Å². The molecule has 104 valence electrons. The normalized spacial score (nSPS) is 16.2. The summed E-state index contributed by atoms with van der Waals surface area (Å²) < 4.78 is 1.23. The molecule has 0 aliphatic carbocycles. The summed E-state index contributed by atoms with van der Waals surface area (Å²) in [5.74, 6) is 2.17. The van der Waals surface area contributed by atoms with Crippen molar-refractivity contribution in [3.8, 4) is 0 Å². The maximum Gasteiger partial charge on any atom is 0.128 e. The van der Waals surface area contributed by atoms with Gasteiger partial charge in [-0.15, -0.1) is 11.3 Å². The van der Waals surface area contributed by atoms with Crippen LogP contribution >= 0.6 is 11.3 Å². The number of hydrogen-bond acceptors (Lipinski definition) is 4. The topological polar surface area (TPSA) is 32.3 Å². The SMILES string of the molecule is O=C=C(CCN1CCNCC1)c1csc2ccccc12. The number of hydrogen-bond donors (Lipinski definition) is 1. The maximum atomic E-state index is 11.3. The molecule has 0 bridgehead atoms. The monoisotopic (exact) mass is 286 g/mol. The molecule has 0 saturated carbocycles. The molecule has 0 amide bonds. The second kappa shape index (κ2) is 6.33. The fourth-order valence-electron chi connectivity index (χ4n) is 2.66. The van der Waals surface area contributed by atoms with Gasteiger partial charge in [-0.2, -0.15) is 0 Å². The van der Waals surface area contributed by atoms with E-state index < -0.39 is 0 Å². The molecule has 2 aromatic rings. The Bertz CT molecular complexity index is 637. The predicted molar refractivity (Wildman–Crippen MR) is 84.9 cm³/mol. The summed E-state index contributed by atoms with van der Waals surface area (Å²) in [6.45, 7) is 5.16. The second-order valence-electron chi connectivity index (χ2n) is 5.07. The van der Waals surface area contributed by atoms with Gasteiger partial charge in [-0.05, 0) is 12.5 Å². The van der Waals surface area contributed by atoms with E-state index in [1.54, 1.807) is 11.3 Å². The van der Waals surface area contributed by atoms with Gasteiger partial charge in [0.15, 0.2) is 0 Å². The summed E-state index contributed by atoms with van der Waals surface area (Å²) >= 11 is 1.70. The van der Waals surface area contributed by atoms with Crippen molar-refractivity contribution in [2.75, 3.05) is 32.7 Å². The minimum Gasteiger partial charge on any atom is -0.314 e. The third-order valence-corrected chi connectivity index (χ3v) is 4.78. The molecule has 1 fully saturated rings. The fraction of sp³-hybridized carbons (Fsp3) is 0.375. The molecule has 1 aliphatic rings.